The van der Waals surface area contributed by atoms with Gasteiger partial charge in [-0.3, -0.25) is 24.1 Å². The summed E-state index contributed by atoms with van der Waals surface area (Å²) in [5.74, 6) is -0.110. The van der Waals surface area contributed by atoms with Crippen LogP contribution in [0.5, 0.6) is 0 Å². The van der Waals surface area contributed by atoms with Gasteiger partial charge in [0.2, 0.25) is 5.69 Å². The highest BCUT2D eigenvalue weighted by atomic mass is 35.5. The first-order valence-corrected chi connectivity index (χ1v) is 9.33. The number of nitriles is 1. The summed E-state index contributed by atoms with van der Waals surface area (Å²) in [6.45, 7) is 3.60. The van der Waals surface area contributed by atoms with Crippen LogP contribution in [0.15, 0.2) is 37.5 Å². The van der Waals surface area contributed by atoms with E-state index in [1.165, 1.54) is 22.9 Å². The van der Waals surface area contributed by atoms with Gasteiger partial charge in [0.05, 0.1) is 12.2 Å². The van der Waals surface area contributed by atoms with Gasteiger partial charge in [-0.1, -0.05) is 37.0 Å². The first-order valence-electron chi connectivity index (χ1n) is 8.58. The Morgan fingerprint density at radius 1 is 1.07 bits per heavy atom. The zero-order valence-electron chi connectivity index (χ0n) is 15.7. The summed E-state index contributed by atoms with van der Waals surface area (Å²) in [6, 6.07) is 4.30. The van der Waals surface area contributed by atoms with Gasteiger partial charge in [0, 0.05) is 27.4 Å². The maximum atomic E-state index is 12.2. The summed E-state index contributed by atoms with van der Waals surface area (Å²) in [5.41, 5.74) is -2.48. The van der Waals surface area contributed by atoms with Gasteiger partial charge < -0.3 is 0 Å². The molecule has 154 valence electrons. The number of nitrogens with one attached hydrogen (secondary N) is 2. The number of benzene rings is 1. The number of hydrogen-bond donors (Lipinski definition) is 2. The van der Waals surface area contributed by atoms with E-state index >= 15 is 0 Å². The normalized spacial score (nSPS) is 10.9. The molecule has 12 heteroatoms. The highest BCUT2D eigenvalue weighted by Crippen LogP contribution is 2.28. The Kier molecular flexibility index (Phi) is 5.78. The molecule has 0 bridgehead atoms. The third-order valence-electron chi connectivity index (χ3n) is 4.29. The van der Waals surface area contributed by atoms with Crippen molar-refractivity contribution in [1.82, 2.24) is 24.3 Å². The van der Waals surface area contributed by atoms with Crippen LogP contribution in [0.4, 0.5) is 0 Å². The van der Waals surface area contributed by atoms with Crippen molar-refractivity contribution >= 4 is 23.2 Å². The fourth-order valence-electron chi connectivity index (χ4n) is 2.74. The van der Waals surface area contributed by atoms with Gasteiger partial charge >= 0.3 is 11.4 Å². The van der Waals surface area contributed by atoms with Crippen molar-refractivity contribution in [2.45, 2.75) is 26.3 Å². The van der Waals surface area contributed by atoms with Crippen LogP contribution in [0.25, 0.3) is 5.69 Å². The molecule has 1 aromatic carbocycles. The Hall–Kier alpha value is -3.42. The van der Waals surface area contributed by atoms with Crippen LogP contribution in [-0.4, -0.2) is 24.3 Å². The Labute approximate surface area is 178 Å². The Morgan fingerprint density at radius 3 is 2.23 bits per heavy atom. The molecule has 2 aromatic heterocycles. The molecule has 0 saturated carbocycles. The van der Waals surface area contributed by atoms with E-state index in [1.807, 2.05) is 18.8 Å². The largest absolute Gasteiger partial charge is 0.349 e. The highest BCUT2D eigenvalue weighted by molar-refractivity contribution is 6.36. The number of aromatic amines is 2. The zero-order chi connectivity index (χ0) is 22.2. The average Bonchev–Trinajstić information content (AvgIpc) is 2.65. The second-order valence-corrected chi connectivity index (χ2v) is 7.46. The average molecular weight is 449 g/mol. The molecule has 0 radical (unpaired) electrons. The van der Waals surface area contributed by atoms with Gasteiger partial charge in [-0.15, -0.1) is 5.10 Å². The predicted molar refractivity (Wildman–Crippen MR) is 110 cm³/mol. The molecule has 0 fully saturated rings. The van der Waals surface area contributed by atoms with Gasteiger partial charge in [-0.2, -0.15) is 9.94 Å². The number of H-pyrrole nitrogens is 2. The van der Waals surface area contributed by atoms with Gasteiger partial charge in [0.15, 0.2) is 0 Å². The molecule has 2 heterocycles. The molecule has 0 spiro atoms. The maximum Gasteiger partial charge on any atom is 0.349 e. The number of hydrogen-bond acceptors (Lipinski definition) is 6. The van der Waals surface area contributed by atoms with Crippen LogP contribution in [-0.2, 0) is 6.54 Å². The second kappa shape index (κ2) is 8.14. The molecule has 30 heavy (non-hydrogen) atoms. The quantitative estimate of drug-likeness (QED) is 0.610. The Balaban J connectivity index is 2.10. The van der Waals surface area contributed by atoms with Crippen molar-refractivity contribution in [1.29, 1.82) is 5.26 Å². The number of halogens is 2. The smallest absolute Gasteiger partial charge is 0.296 e. The minimum atomic E-state index is -0.911. The van der Waals surface area contributed by atoms with E-state index in [0.29, 0.717) is 11.1 Å². The van der Waals surface area contributed by atoms with Crippen LogP contribution < -0.4 is 22.5 Å². The third-order valence-corrected chi connectivity index (χ3v) is 4.97. The predicted octanol–water partition coefficient (Wildman–Crippen LogP) is 1.12. The minimum Gasteiger partial charge on any atom is -0.296 e. The molecule has 2 N–H and O–H groups in total. The third kappa shape index (κ3) is 3.98. The van der Waals surface area contributed by atoms with Crippen LogP contribution in [0, 0.1) is 11.3 Å². The fourth-order valence-corrected chi connectivity index (χ4v) is 3.33. The molecule has 0 aliphatic carbocycles. The summed E-state index contributed by atoms with van der Waals surface area (Å²) >= 11 is 12.7. The van der Waals surface area contributed by atoms with Gasteiger partial charge in [-0.25, -0.2) is 9.59 Å². The molecular weight excluding hydrogens is 435 g/mol. The standard InChI is InChI=1S/C18H14Cl2N6O4/c1-8(2)10-6-25(17(29)22-15(10)27)7-11-12(19)3-9(4-13(11)20)26-18(30)23-16(28)14(5-21)24-26/h3-4,6,8H,7H2,1-2H3,(H,22,27,29)(H,23,28,30). The van der Waals surface area contributed by atoms with E-state index in [9.17, 15) is 19.2 Å². The molecule has 3 rings (SSSR count). The molecule has 0 aliphatic rings. The number of aromatic nitrogens is 5. The lowest BCUT2D eigenvalue weighted by molar-refractivity contribution is 0.689. The summed E-state index contributed by atoms with van der Waals surface area (Å²) in [7, 11) is 0. The van der Waals surface area contributed by atoms with Crippen LogP contribution in [0.2, 0.25) is 10.0 Å². The molecule has 0 amide bonds. The summed E-state index contributed by atoms with van der Waals surface area (Å²) in [5, 5.41) is 12.9. The molecule has 0 atom stereocenters. The van der Waals surface area contributed by atoms with Crippen LogP contribution in [0.1, 0.15) is 36.6 Å². The van der Waals surface area contributed by atoms with Crippen molar-refractivity contribution < 1.29 is 0 Å². The molecule has 3 aromatic rings. The molecule has 0 aliphatic heterocycles. The summed E-state index contributed by atoms with van der Waals surface area (Å²) in [6.07, 6.45) is 1.44. The highest BCUT2D eigenvalue weighted by Gasteiger charge is 2.15. The topological polar surface area (TPSA) is 146 Å². The van der Waals surface area contributed by atoms with Crippen LogP contribution >= 0.6 is 23.2 Å². The molecular formula is C18H14Cl2N6O4. The van der Waals surface area contributed by atoms with E-state index in [2.05, 4.69) is 10.1 Å². The molecule has 0 saturated heterocycles. The van der Waals surface area contributed by atoms with E-state index in [-0.39, 0.29) is 28.2 Å². The monoisotopic (exact) mass is 448 g/mol. The fraction of sp³-hybridized carbons (Fsp3) is 0.222. The van der Waals surface area contributed by atoms with Crippen molar-refractivity contribution in [3.05, 3.63) is 86.9 Å². The van der Waals surface area contributed by atoms with E-state index in [0.717, 1.165) is 4.68 Å². The van der Waals surface area contributed by atoms with Crippen molar-refractivity contribution in [2.24, 2.45) is 0 Å². The van der Waals surface area contributed by atoms with Crippen LogP contribution in [0.3, 0.4) is 0 Å². The van der Waals surface area contributed by atoms with Gasteiger partial charge in [0.25, 0.3) is 11.1 Å². The van der Waals surface area contributed by atoms with Gasteiger partial charge in [-0.05, 0) is 18.1 Å². The van der Waals surface area contributed by atoms with E-state index in [1.54, 1.807) is 6.07 Å². The van der Waals surface area contributed by atoms with E-state index in [4.69, 9.17) is 28.5 Å². The first-order chi connectivity index (χ1) is 14.1. The first kappa shape index (κ1) is 21.3. The lowest BCUT2D eigenvalue weighted by Crippen LogP contribution is -2.33. The lowest BCUT2D eigenvalue weighted by Gasteiger charge is -2.13. The maximum absolute atomic E-state index is 12.2. The number of nitrogens with zero attached hydrogens (tertiary/aromatic N) is 4. The van der Waals surface area contributed by atoms with E-state index < -0.39 is 28.2 Å². The minimum absolute atomic E-state index is 0.0370. The SMILES string of the molecule is CC(C)c1cn(Cc2c(Cl)cc(-n3nc(C#N)c(=O)[nH]c3=O)cc2Cl)c(=O)[nH]c1=O. The zero-order valence-corrected chi connectivity index (χ0v) is 17.2. The van der Waals surface area contributed by atoms with Crippen molar-refractivity contribution in [2.75, 3.05) is 0 Å². The summed E-state index contributed by atoms with van der Waals surface area (Å²) < 4.78 is 2.05. The molecule has 0 unspecified atom stereocenters. The number of rotatable bonds is 4. The Bertz CT molecular complexity index is 1400. The molecule has 10 nitrogen and oxygen atoms in total. The lowest BCUT2D eigenvalue weighted by atomic mass is 10.1. The summed E-state index contributed by atoms with van der Waals surface area (Å²) in [4.78, 5) is 51.9. The Morgan fingerprint density at radius 2 is 1.67 bits per heavy atom. The van der Waals surface area contributed by atoms with Crippen molar-refractivity contribution in [3.63, 3.8) is 0 Å². The van der Waals surface area contributed by atoms with Gasteiger partial charge in [0.1, 0.15) is 6.07 Å². The van der Waals surface area contributed by atoms with Crippen molar-refractivity contribution in [3.8, 4) is 11.8 Å². The second-order valence-electron chi connectivity index (χ2n) is 6.65.